The van der Waals surface area contributed by atoms with E-state index in [1.165, 1.54) is 0 Å². The van der Waals surface area contributed by atoms with Crippen LogP contribution in [0, 0.1) is 5.92 Å². The van der Waals surface area contributed by atoms with Gasteiger partial charge >= 0.3 is 5.97 Å². The molecule has 2 aromatic rings. The fourth-order valence-corrected chi connectivity index (χ4v) is 5.34. The summed E-state index contributed by atoms with van der Waals surface area (Å²) in [6, 6.07) is 13.3. The third-order valence-electron chi connectivity index (χ3n) is 6.88. The van der Waals surface area contributed by atoms with E-state index in [1.54, 1.807) is 14.2 Å². The Labute approximate surface area is 218 Å². The Bertz CT molecular complexity index is 1230. The van der Waals surface area contributed by atoms with E-state index in [9.17, 15) is 9.59 Å². The lowest BCUT2D eigenvalue weighted by molar-refractivity contribution is -0.151. The number of hydrogen-bond donors (Lipinski definition) is 1. The molecule has 37 heavy (non-hydrogen) atoms. The predicted molar refractivity (Wildman–Crippen MR) is 141 cm³/mol. The number of esters is 1. The summed E-state index contributed by atoms with van der Waals surface area (Å²) in [5.74, 6) is 0.0950. The molecule has 0 saturated heterocycles. The lowest BCUT2D eigenvalue weighted by Crippen LogP contribution is -2.42. The highest BCUT2D eigenvalue weighted by Gasteiger charge is 2.46. The van der Waals surface area contributed by atoms with Crippen molar-refractivity contribution >= 4 is 11.8 Å². The molecular formula is C30H35NO6. The summed E-state index contributed by atoms with van der Waals surface area (Å²) < 4.78 is 22.4. The molecule has 4 rings (SSSR count). The number of rotatable bonds is 8. The van der Waals surface area contributed by atoms with Gasteiger partial charge in [-0.25, -0.2) is 0 Å². The molecule has 2 aromatic carbocycles. The van der Waals surface area contributed by atoms with E-state index in [0.29, 0.717) is 48.0 Å². The average molecular weight is 506 g/mol. The minimum atomic E-state index is -0.760. The molecule has 7 heteroatoms. The fourth-order valence-electron chi connectivity index (χ4n) is 5.34. The summed E-state index contributed by atoms with van der Waals surface area (Å²) in [5.41, 5.74) is 3.66. The number of nitrogens with one attached hydrogen (secondary N) is 1. The van der Waals surface area contributed by atoms with E-state index in [0.717, 1.165) is 16.8 Å². The third-order valence-corrected chi connectivity index (χ3v) is 6.88. The number of carbonyl (C=O) groups excluding carboxylic acids is 2. The number of carbonyl (C=O) groups is 2. The van der Waals surface area contributed by atoms with Crippen LogP contribution in [0.1, 0.15) is 56.6 Å². The van der Waals surface area contributed by atoms with Crippen LogP contribution in [0.2, 0.25) is 0 Å². The molecule has 0 aromatic heterocycles. The number of Topliss-reactive ketones (excluding diaryl/α,β-unsaturated/α-hetero) is 1. The Kier molecular flexibility index (Phi) is 7.91. The molecule has 0 amide bonds. The summed E-state index contributed by atoms with van der Waals surface area (Å²) in [6.45, 7) is 10.2. The summed E-state index contributed by atoms with van der Waals surface area (Å²) >= 11 is 0. The van der Waals surface area contributed by atoms with Crippen LogP contribution in [-0.2, 0) is 14.3 Å². The van der Waals surface area contributed by atoms with E-state index < -0.39 is 17.8 Å². The molecule has 1 aliphatic carbocycles. The number of benzene rings is 2. The molecular weight excluding hydrogens is 470 g/mol. The Balaban J connectivity index is 1.80. The highest BCUT2D eigenvalue weighted by atomic mass is 16.5. The molecule has 1 aliphatic heterocycles. The van der Waals surface area contributed by atoms with Crippen molar-refractivity contribution in [3.63, 3.8) is 0 Å². The molecule has 3 atom stereocenters. The van der Waals surface area contributed by atoms with Crippen LogP contribution in [0.4, 0.5) is 0 Å². The Morgan fingerprint density at radius 3 is 2.46 bits per heavy atom. The standard InChI is InChI=1S/C30H35NO6/c1-7-36-24-11-9-8-10-21(24)28-27(30(33)37-17(2)3)18(4)31-22-14-20(15-23(32)29(22)28)19-12-13-25(34-5)26(16-19)35-6/h8-13,16-17,20,27-28,31H,4,7,14-15H2,1-3,5-6H3. The first-order valence-electron chi connectivity index (χ1n) is 12.6. The molecule has 1 heterocycles. The zero-order valence-corrected chi connectivity index (χ0v) is 22.1. The van der Waals surface area contributed by atoms with Crippen LogP contribution in [-0.4, -0.2) is 38.7 Å². The van der Waals surface area contributed by atoms with Gasteiger partial charge in [-0.15, -0.1) is 0 Å². The first-order valence-corrected chi connectivity index (χ1v) is 12.6. The quantitative estimate of drug-likeness (QED) is 0.489. The van der Waals surface area contributed by atoms with Gasteiger partial charge in [0.05, 0.1) is 26.9 Å². The topological polar surface area (TPSA) is 83.1 Å². The number of allylic oxidation sites excluding steroid dienone is 2. The third kappa shape index (κ3) is 5.22. The van der Waals surface area contributed by atoms with Crippen molar-refractivity contribution in [1.82, 2.24) is 5.32 Å². The molecule has 1 N–H and O–H groups in total. The van der Waals surface area contributed by atoms with Gasteiger partial charge in [0, 0.05) is 34.9 Å². The molecule has 196 valence electrons. The van der Waals surface area contributed by atoms with E-state index in [4.69, 9.17) is 18.9 Å². The molecule has 0 saturated carbocycles. The predicted octanol–water partition coefficient (Wildman–Crippen LogP) is 5.27. The second-order valence-electron chi connectivity index (χ2n) is 9.60. The fraction of sp³-hybridized carbons (Fsp3) is 0.400. The van der Waals surface area contributed by atoms with Crippen molar-refractivity contribution in [2.45, 2.75) is 51.6 Å². The van der Waals surface area contributed by atoms with Crippen LogP contribution < -0.4 is 19.5 Å². The number of para-hydroxylation sites is 1. The number of ketones is 1. The van der Waals surface area contributed by atoms with E-state index >= 15 is 0 Å². The van der Waals surface area contributed by atoms with Gasteiger partial charge in [0.2, 0.25) is 0 Å². The monoisotopic (exact) mass is 505 g/mol. The second kappa shape index (κ2) is 11.1. The van der Waals surface area contributed by atoms with Crippen LogP contribution in [0.15, 0.2) is 66.0 Å². The summed E-state index contributed by atoms with van der Waals surface area (Å²) in [5, 5.41) is 3.32. The lowest BCUT2D eigenvalue weighted by atomic mass is 9.68. The largest absolute Gasteiger partial charge is 0.494 e. The average Bonchev–Trinajstić information content (AvgIpc) is 2.87. The zero-order chi connectivity index (χ0) is 26.7. The number of ether oxygens (including phenoxy) is 4. The smallest absolute Gasteiger partial charge is 0.316 e. The van der Waals surface area contributed by atoms with Crippen molar-refractivity contribution in [3.05, 3.63) is 77.1 Å². The Morgan fingerprint density at radius 1 is 1.05 bits per heavy atom. The zero-order valence-electron chi connectivity index (χ0n) is 22.1. The summed E-state index contributed by atoms with van der Waals surface area (Å²) in [6.07, 6.45) is 0.603. The van der Waals surface area contributed by atoms with Crippen molar-refractivity contribution in [3.8, 4) is 17.2 Å². The number of hydrogen-bond acceptors (Lipinski definition) is 7. The summed E-state index contributed by atoms with van der Waals surface area (Å²) in [7, 11) is 3.19. The molecule has 0 bridgehead atoms. The van der Waals surface area contributed by atoms with Gasteiger partial charge < -0.3 is 24.3 Å². The lowest BCUT2D eigenvalue weighted by Gasteiger charge is -2.40. The van der Waals surface area contributed by atoms with Crippen LogP contribution in [0.25, 0.3) is 0 Å². The van der Waals surface area contributed by atoms with Crippen molar-refractivity contribution in [1.29, 1.82) is 0 Å². The maximum Gasteiger partial charge on any atom is 0.316 e. The highest BCUT2D eigenvalue weighted by molar-refractivity contribution is 6.01. The van der Waals surface area contributed by atoms with Crippen molar-refractivity contribution in [2.24, 2.45) is 5.92 Å². The minimum absolute atomic E-state index is 0.0142. The maximum atomic E-state index is 13.9. The van der Waals surface area contributed by atoms with Crippen molar-refractivity contribution in [2.75, 3.05) is 20.8 Å². The van der Waals surface area contributed by atoms with Crippen molar-refractivity contribution < 1.29 is 28.5 Å². The number of methoxy groups -OCH3 is 2. The first kappa shape index (κ1) is 26.3. The van der Waals surface area contributed by atoms with E-state index in [1.807, 2.05) is 63.2 Å². The van der Waals surface area contributed by atoms with Gasteiger partial charge in [-0.1, -0.05) is 30.8 Å². The molecule has 7 nitrogen and oxygen atoms in total. The van der Waals surface area contributed by atoms with Gasteiger partial charge in [-0.3, -0.25) is 9.59 Å². The molecule has 0 spiro atoms. The van der Waals surface area contributed by atoms with Gasteiger partial charge in [0.15, 0.2) is 17.3 Å². The molecule has 2 aliphatic rings. The summed E-state index contributed by atoms with van der Waals surface area (Å²) in [4.78, 5) is 27.2. The Hall–Kier alpha value is -3.74. The minimum Gasteiger partial charge on any atom is -0.494 e. The Morgan fingerprint density at radius 2 is 1.78 bits per heavy atom. The van der Waals surface area contributed by atoms with Gasteiger partial charge in [-0.2, -0.15) is 0 Å². The normalized spacial score (nSPS) is 21.3. The van der Waals surface area contributed by atoms with E-state index in [-0.39, 0.29) is 17.8 Å². The van der Waals surface area contributed by atoms with Crippen LogP contribution in [0.3, 0.4) is 0 Å². The van der Waals surface area contributed by atoms with Gasteiger partial charge in [0.1, 0.15) is 11.7 Å². The van der Waals surface area contributed by atoms with Gasteiger partial charge in [0.25, 0.3) is 0 Å². The highest BCUT2D eigenvalue weighted by Crippen LogP contribution is 2.49. The second-order valence-corrected chi connectivity index (χ2v) is 9.60. The van der Waals surface area contributed by atoms with E-state index in [2.05, 4.69) is 11.9 Å². The molecule has 0 radical (unpaired) electrons. The molecule has 3 unspecified atom stereocenters. The van der Waals surface area contributed by atoms with Gasteiger partial charge in [-0.05, 0) is 56.9 Å². The van der Waals surface area contributed by atoms with Crippen LogP contribution >= 0.6 is 0 Å². The maximum absolute atomic E-state index is 13.9. The first-order chi connectivity index (χ1) is 17.8. The molecule has 0 fully saturated rings. The SMILES string of the molecule is C=C1NC2=C(C(=O)CC(c3ccc(OC)c(OC)c3)C2)C(c2ccccc2OCC)C1C(=O)OC(C)C. The van der Waals surface area contributed by atoms with Crippen LogP contribution in [0.5, 0.6) is 17.2 Å².